The van der Waals surface area contributed by atoms with Gasteiger partial charge in [-0.15, -0.1) is 11.8 Å². The molecule has 1 aliphatic carbocycles. The second-order valence-corrected chi connectivity index (χ2v) is 6.07. The Morgan fingerprint density at radius 3 is 2.59 bits per heavy atom. The zero-order valence-electron chi connectivity index (χ0n) is 9.57. The summed E-state index contributed by atoms with van der Waals surface area (Å²) in [7, 11) is 0. The predicted octanol–water partition coefficient (Wildman–Crippen LogP) is -0.625. The average molecular weight is 261 g/mol. The average Bonchev–Trinajstić information content (AvgIpc) is 2.41. The molecule has 1 aliphatic heterocycles. The minimum Gasteiger partial charge on any atom is -0.396 e. The molecule has 0 aromatic carbocycles. The minimum absolute atomic E-state index is 0.0490. The van der Waals surface area contributed by atoms with Gasteiger partial charge in [0, 0.05) is 30.8 Å². The van der Waals surface area contributed by atoms with Gasteiger partial charge in [0.2, 0.25) is 0 Å². The Labute approximate surface area is 105 Å². The van der Waals surface area contributed by atoms with Gasteiger partial charge in [0.25, 0.3) is 0 Å². The largest absolute Gasteiger partial charge is 0.396 e. The first-order valence-corrected chi connectivity index (χ1v) is 6.84. The van der Waals surface area contributed by atoms with Crippen molar-refractivity contribution < 1.29 is 20.4 Å². The van der Waals surface area contributed by atoms with E-state index >= 15 is 0 Å². The lowest BCUT2D eigenvalue weighted by Gasteiger charge is -2.27. The topological polar surface area (TPSA) is 93.3 Å². The fraction of sp³-hybridized carbons (Fsp3) is 0.909. The number of fused-ring (bicyclic) bond motifs is 2. The van der Waals surface area contributed by atoms with Gasteiger partial charge in [0.1, 0.15) is 6.10 Å². The summed E-state index contributed by atoms with van der Waals surface area (Å²) in [4.78, 5) is 4.38. The van der Waals surface area contributed by atoms with E-state index in [-0.39, 0.29) is 30.4 Å². The standard InChI is InChI=1S/C11H19NO4S/c13-2-1-9-12-8-4-7(17-9)3-6(5-14)10(15)11(8)16/h6-8,10-11,13-16H,1-5H2. The summed E-state index contributed by atoms with van der Waals surface area (Å²) in [6, 6.07) is -0.297. The van der Waals surface area contributed by atoms with Crippen LogP contribution in [0.1, 0.15) is 19.3 Å². The number of rotatable bonds is 3. The van der Waals surface area contributed by atoms with Crippen LogP contribution in [0.4, 0.5) is 0 Å². The molecule has 6 heteroatoms. The maximum Gasteiger partial charge on any atom is 0.103 e. The van der Waals surface area contributed by atoms with Crippen molar-refractivity contribution in [3.63, 3.8) is 0 Å². The van der Waals surface area contributed by atoms with Gasteiger partial charge in [-0.25, -0.2) is 0 Å². The third-order valence-electron chi connectivity index (χ3n) is 3.47. The zero-order valence-corrected chi connectivity index (χ0v) is 10.4. The van der Waals surface area contributed by atoms with Crippen molar-refractivity contribution in [2.75, 3.05) is 13.2 Å². The second kappa shape index (κ2) is 5.67. The molecule has 0 spiro atoms. The summed E-state index contributed by atoms with van der Waals surface area (Å²) in [6.45, 7) is -0.0648. The normalized spacial score (nSPS) is 41.9. The lowest BCUT2D eigenvalue weighted by Crippen LogP contribution is -2.40. The molecule has 5 atom stereocenters. The summed E-state index contributed by atoms with van der Waals surface area (Å²) < 4.78 is 0. The fourth-order valence-corrected chi connectivity index (χ4v) is 3.95. The molecule has 1 fully saturated rings. The van der Waals surface area contributed by atoms with Gasteiger partial charge < -0.3 is 20.4 Å². The molecule has 1 saturated carbocycles. The van der Waals surface area contributed by atoms with Crippen LogP contribution in [0.25, 0.3) is 0 Å². The number of aliphatic imine (C=N–C) groups is 1. The number of hydrogen-bond acceptors (Lipinski definition) is 6. The Hall–Kier alpha value is -0.140. The maximum absolute atomic E-state index is 10.0. The van der Waals surface area contributed by atoms with E-state index in [1.54, 1.807) is 11.8 Å². The van der Waals surface area contributed by atoms with E-state index in [0.717, 1.165) is 11.5 Å². The second-order valence-electron chi connectivity index (χ2n) is 4.70. The third-order valence-corrected chi connectivity index (χ3v) is 4.77. The van der Waals surface area contributed by atoms with Crippen LogP contribution >= 0.6 is 11.8 Å². The Morgan fingerprint density at radius 2 is 1.94 bits per heavy atom. The first-order chi connectivity index (χ1) is 8.15. The molecule has 0 aromatic heterocycles. The highest BCUT2D eigenvalue weighted by molar-refractivity contribution is 8.14. The van der Waals surface area contributed by atoms with Gasteiger partial charge in [0.15, 0.2) is 0 Å². The molecule has 2 bridgehead atoms. The minimum atomic E-state index is -0.910. The summed E-state index contributed by atoms with van der Waals surface area (Å²) in [5, 5.41) is 39.2. The highest BCUT2D eigenvalue weighted by atomic mass is 32.2. The van der Waals surface area contributed by atoms with Crippen molar-refractivity contribution in [3.8, 4) is 0 Å². The Balaban J connectivity index is 2.16. The Morgan fingerprint density at radius 1 is 1.18 bits per heavy atom. The molecule has 5 nitrogen and oxygen atoms in total. The predicted molar refractivity (Wildman–Crippen MR) is 66.1 cm³/mol. The van der Waals surface area contributed by atoms with Crippen LogP contribution in [0.15, 0.2) is 4.99 Å². The van der Waals surface area contributed by atoms with Crippen molar-refractivity contribution >= 4 is 16.8 Å². The third kappa shape index (κ3) is 2.82. The van der Waals surface area contributed by atoms with E-state index in [9.17, 15) is 15.3 Å². The fourth-order valence-electron chi connectivity index (χ4n) is 2.52. The SMILES string of the molecule is OCCC1=NC2CC(CC(CO)C(O)C2O)S1. The Kier molecular flexibility index (Phi) is 4.43. The molecule has 1 heterocycles. The van der Waals surface area contributed by atoms with Gasteiger partial charge in [-0.2, -0.15) is 0 Å². The van der Waals surface area contributed by atoms with Crippen LogP contribution in [-0.4, -0.2) is 62.2 Å². The summed E-state index contributed by atoms with van der Waals surface area (Å²) in [5.74, 6) is -0.281. The molecule has 17 heavy (non-hydrogen) atoms. The summed E-state index contributed by atoms with van der Waals surface area (Å²) >= 11 is 1.60. The first-order valence-electron chi connectivity index (χ1n) is 5.97. The van der Waals surface area contributed by atoms with Gasteiger partial charge in [-0.1, -0.05) is 0 Å². The van der Waals surface area contributed by atoms with Crippen LogP contribution in [0.2, 0.25) is 0 Å². The van der Waals surface area contributed by atoms with Crippen molar-refractivity contribution in [3.05, 3.63) is 0 Å². The summed E-state index contributed by atoms with van der Waals surface area (Å²) in [5.41, 5.74) is 0. The highest BCUT2D eigenvalue weighted by Crippen LogP contribution is 2.37. The molecule has 5 unspecified atom stereocenters. The van der Waals surface area contributed by atoms with Crippen LogP contribution in [-0.2, 0) is 0 Å². The molecule has 0 radical (unpaired) electrons. The molecule has 98 valence electrons. The van der Waals surface area contributed by atoms with Crippen LogP contribution in [0.5, 0.6) is 0 Å². The van der Waals surface area contributed by atoms with Crippen molar-refractivity contribution in [1.29, 1.82) is 0 Å². The van der Waals surface area contributed by atoms with Crippen LogP contribution in [0.3, 0.4) is 0 Å². The van der Waals surface area contributed by atoms with E-state index in [0.29, 0.717) is 12.8 Å². The Bertz CT molecular complexity index is 299. The van der Waals surface area contributed by atoms with E-state index < -0.39 is 12.2 Å². The van der Waals surface area contributed by atoms with E-state index in [1.807, 2.05) is 0 Å². The van der Waals surface area contributed by atoms with E-state index in [4.69, 9.17) is 5.11 Å². The molecule has 0 amide bonds. The summed E-state index contributed by atoms with van der Waals surface area (Å²) in [6.07, 6.45) is 0.0958. The molecule has 0 saturated heterocycles. The quantitative estimate of drug-likeness (QED) is 0.543. The molecule has 2 rings (SSSR count). The zero-order chi connectivity index (χ0) is 12.4. The van der Waals surface area contributed by atoms with Gasteiger partial charge in [-0.05, 0) is 12.8 Å². The van der Waals surface area contributed by atoms with Gasteiger partial charge in [0.05, 0.1) is 17.2 Å². The van der Waals surface area contributed by atoms with Gasteiger partial charge in [-0.3, -0.25) is 4.99 Å². The number of aliphatic hydroxyl groups is 4. The first kappa shape index (κ1) is 13.3. The lowest BCUT2D eigenvalue weighted by molar-refractivity contribution is -0.0355. The molecular weight excluding hydrogens is 242 g/mol. The smallest absolute Gasteiger partial charge is 0.103 e. The van der Waals surface area contributed by atoms with Crippen molar-refractivity contribution in [2.45, 2.75) is 42.8 Å². The highest BCUT2D eigenvalue weighted by Gasteiger charge is 2.41. The molecule has 0 aromatic rings. The van der Waals surface area contributed by atoms with Crippen LogP contribution in [0, 0.1) is 5.92 Å². The van der Waals surface area contributed by atoms with E-state index in [1.165, 1.54) is 0 Å². The lowest BCUT2D eigenvalue weighted by atomic mass is 9.96. The van der Waals surface area contributed by atoms with Crippen molar-refractivity contribution in [2.24, 2.45) is 10.9 Å². The molecule has 4 N–H and O–H groups in total. The number of hydrogen-bond donors (Lipinski definition) is 4. The van der Waals surface area contributed by atoms with Gasteiger partial charge >= 0.3 is 0 Å². The van der Waals surface area contributed by atoms with Crippen molar-refractivity contribution in [1.82, 2.24) is 0 Å². The monoisotopic (exact) mass is 261 g/mol. The maximum atomic E-state index is 10.0. The molecule has 2 aliphatic rings. The van der Waals surface area contributed by atoms with E-state index in [2.05, 4.69) is 4.99 Å². The number of aliphatic hydroxyl groups excluding tert-OH is 4. The number of nitrogens with zero attached hydrogens (tertiary/aromatic N) is 1. The molecular formula is C11H19NO4S. The van der Waals surface area contributed by atoms with Crippen LogP contribution < -0.4 is 0 Å². The number of thioether (sulfide) groups is 1.